The summed E-state index contributed by atoms with van der Waals surface area (Å²) in [6.45, 7) is 1.86. The molecule has 0 aliphatic heterocycles. The van der Waals surface area contributed by atoms with Crippen molar-refractivity contribution in [1.29, 1.82) is 0 Å². The number of anilines is 1. The average molecular weight is 200 g/mol. The molecule has 15 heavy (non-hydrogen) atoms. The van der Waals surface area contributed by atoms with Crippen molar-refractivity contribution in [3.05, 3.63) is 24.3 Å². The molecule has 0 saturated heterocycles. The number of nitrogen functional groups attached to an aromatic ring is 1. The van der Waals surface area contributed by atoms with Gasteiger partial charge in [-0.05, 0) is 13.0 Å². The molecule has 0 unspecified atom stereocenters. The van der Waals surface area contributed by atoms with E-state index in [1.54, 1.807) is 16.9 Å². The van der Waals surface area contributed by atoms with E-state index in [2.05, 4.69) is 20.1 Å². The fraction of sp³-hybridized carbons (Fsp3) is 0.111. The van der Waals surface area contributed by atoms with Gasteiger partial charge in [-0.2, -0.15) is 9.50 Å². The van der Waals surface area contributed by atoms with Crippen LogP contribution in [0.15, 0.2) is 18.5 Å². The van der Waals surface area contributed by atoms with Crippen molar-refractivity contribution in [3.8, 4) is 0 Å². The smallest absolute Gasteiger partial charge is 0.240 e. The highest BCUT2D eigenvalue weighted by atomic mass is 15.3. The van der Waals surface area contributed by atoms with E-state index in [0.29, 0.717) is 5.65 Å². The van der Waals surface area contributed by atoms with Crippen molar-refractivity contribution in [2.45, 2.75) is 6.92 Å². The summed E-state index contributed by atoms with van der Waals surface area (Å²) in [4.78, 5) is 12.6. The first kappa shape index (κ1) is 8.10. The molecule has 6 heteroatoms. The van der Waals surface area contributed by atoms with Crippen molar-refractivity contribution < 1.29 is 0 Å². The van der Waals surface area contributed by atoms with E-state index in [1.807, 2.05) is 13.0 Å². The maximum atomic E-state index is 5.56. The molecule has 0 bridgehead atoms. The quantitative estimate of drug-likeness (QED) is 0.573. The van der Waals surface area contributed by atoms with E-state index >= 15 is 0 Å². The molecule has 0 radical (unpaired) electrons. The number of hydrogen-bond donors (Lipinski definition) is 1. The number of aromatic nitrogens is 5. The molecule has 3 rings (SSSR count). The van der Waals surface area contributed by atoms with Crippen molar-refractivity contribution in [2.75, 3.05) is 5.73 Å². The van der Waals surface area contributed by atoms with E-state index in [9.17, 15) is 0 Å². The van der Waals surface area contributed by atoms with E-state index < -0.39 is 0 Å². The molecule has 0 atom stereocenters. The maximum absolute atomic E-state index is 5.56. The summed E-state index contributed by atoms with van der Waals surface area (Å²) in [7, 11) is 0. The summed E-state index contributed by atoms with van der Waals surface area (Å²) in [5.41, 5.74) is 7.11. The van der Waals surface area contributed by atoms with Crippen molar-refractivity contribution >= 4 is 22.5 Å². The Morgan fingerprint density at radius 1 is 1.33 bits per heavy atom. The van der Waals surface area contributed by atoms with Crippen molar-refractivity contribution in [1.82, 2.24) is 24.6 Å². The van der Waals surface area contributed by atoms with Gasteiger partial charge in [0.1, 0.15) is 5.82 Å². The first-order valence-corrected chi connectivity index (χ1v) is 4.48. The van der Waals surface area contributed by atoms with Crippen LogP contribution in [0.1, 0.15) is 5.82 Å². The van der Waals surface area contributed by atoms with Gasteiger partial charge in [0.2, 0.25) is 5.95 Å². The topological polar surface area (TPSA) is 82.0 Å². The van der Waals surface area contributed by atoms with Crippen LogP contribution in [-0.2, 0) is 0 Å². The lowest BCUT2D eigenvalue weighted by Gasteiger charge is -2.00. The maximum Gasteiger partial charge on any atom is 0.240 e. The Balaban J connectivity index is 2.63. The van der Waals surface area contributed by atoms with Crippen LogP contribution in [0.2, 0.25) is 0 Å². The number of rotatable bonds is 0. The molecule has 0 fully saturated rings. The SMILES string of the molecule is Cc1nc2ccncc2c2nc(N)nn12. The predicted molar refractivity (Wildman–Crippen MR) is 55.2 cm³/mol. The number of fused-ring (bicyclic) bond motifs is 3. The third kappa shape index (κ3) is 1.04. The van der Waals surface area contributed by atoms with Crippen molar-refractivity contribution in [3.63, 3.8) is 0 Å². The highest BCUT2D eigenvalue weighted by Crippen LogP contribution is 2.16. The number of pyridine rings is 1. The minimum absolute atomic E-state index is 0.247. The first-order chi connectivity index (χ1) is 7.25. The molecule has 6 nitrogen and oxygen atoms in total. The van der Waals surface area contributed by atoms with Gasteiger partial charge in [0.25, 0.3) is 0 Å². The molecular weight excluding hydrogens is 192 g/mol. The molecule has 0 amide bonds. The highest BCUT2D eigenvalue weighted by molar-refractivity contribution is 5.90. The largest absolute Gasteiger partial charge is 0.366 e. The molecule has 0 aromatic carbocycles. The van der Waals surface area contributed by atoms with Gasteiger partial charge in [0.15, 0.2) is 5.65 Å². The molecule has 0 spiro atoms. The molecule has 0 aliphatic rings. The normalized spacial score (nSPS) is 11.3. The summed E-state index contributed by atoms with van der Waals surface area (Å²) >= 11 is 0. The van der Waals surface area contributed by atoms with Gasteiger partial charge in [-0.25, -0.2) is 4.98 Å². The zero-order valence-electron chi connectivity index (χ0n) is 8.05. The lowest BCUT2D eigenvalue weighted by Crippen LogP contribution is -1.98. The van der Waals surface area contributed by atoms with Gasteiger partial charge >= 0.3 is 0 Å². The van der Waals surface area contributed by atoms with Crippen LogP contribution in [0.5, 0.6) is 0 Å². The monoisotopic (exact) mass is 200 g/mol. The molecule has 3 aromatic heterocycles. The average Bonchev–Trinajstić information content (AvgIpc) is 2.61. The summed E-state index contributed by atoms with van der Waals surface area (Å²) < 4.78 is 1.62. The van der Waals surface area contributed by atoms with Gasteiger partial charge in [-0.15, -0.1) is 5.10 Å². The summed E-state index contributed by atoms with van der Waals surface area (Å²) in [5, 5.41) is 4.91. The van der Waals surface area contributed by atoms with Gasteiger partial charge < -0.3 is 5.73 Å². The fourth-order valence-electron chi connectivity index (χ4n) is 1.61. The Kier molecular flexibility index (Phi) is 1.42. The third-order valence-corrected chi connectivity index (χ3v) is 2.25. The van der Waals surface area contributed by atoms with E-state index in [4.69, 9.17) is 5.73 Å². The van der Waals surface area contributed by atoms with E-state index in [-0.39, 0.29) is 5.95 Å². The van der Waals surface area contributed by atoms with Crippen LogP contribution in [-0.4, -0.2) is 24.6 Å². The lowest BCUT2D eigenvalue weighted by atomic mass is 10.3. The van der Waals surface area contributed by atoms with Crippen molar-refractivity contribution in [2.24, 2.45) is 0 Å². The lowest BCUT2D eigenvalue weighted by molar-refractivity contribution is 0.881. The minimum atomic E-state index is 0.247. The molecule has 2 N–H and O–H groups in total. The molecular formula is C9H8N6. The van der Waals surface area contributed by atoms with E-state index in [0.717, 1.165) is 16.7 Å². The second-order valence-corrected chi connectivity index (χ2v) is 3.26. The second kappa shape index (κ2) is 2.63. The molecule has 0 saturated carbocycles. The minimum Gasteiger partial charge on any atom is -0.366 e. The number of nitrogens with zero attached hydrogens (tertiary/aromatic N) is 5. The third-order valence-electron chi connectivity index (χ3n) is 2.25. The summed E-state index contributed by atoms with van der Waals surface area (Å²) in [5.74, 6) is 1.00. The predicted octanol–water partition coefficient (Wildman–Crippen LogP) is 0.563. The molecule has 0 aliphatic carbocycles. The summed E-state index contributed by atoms with van der Waals surface area (Å²) in [6.07, 6.45) is 3.41. The van der Waals surface area contributed by atoms with Crippen LogP contribution >= 0.6 is 0 Å². The van der Waals surface area contributed by atoms with Crippen LogP contribution in [0.4, 0.5) is 5.95 Å². The highest BCUT2D eigenvalue weighted by Gasteiger charge is 2.08. The van der Waals surface area contributed by atoms with Crippen LogP contribution in [0.3, 0.4) is 0 Å². The molecule has 3 heterocycles. The summed E-state index contributed by atoms with van der Waals surface area (Å²) in [6, 6.07) is 1.84. The Bertz CT molecular complexity index is 656. The van der Waals surface area contributed by atoms with Gasteiger partial charge in [-0.3, -0.25) is 4.98 Å². The Morgan fingerprint density at radius 2 is 2.20 bits per heavy atom. The van der Waals surface area contributed by atoms with Crippen LogP contribution < -0.4 is 5.73 Å². The van der Waals surface area contributed by atoms with Crippen LogP contribution in [0.25, 0.3) is 16.6 Å². The first-order valence-electron chi connectivity index (χ1n) is 4.48. The Labute approximate surface area is 84.8 Å². The van der Waals surface area contributed by atoms with E-state index in [1.165, 1.54) is 0 Å². The Hall–Kier alpha value is -2.24. The zero-order valence-corrected chi connectivity index (χ0v) is 8.05. The fourth-order valence-corrected chi connectivity index (χ4v) is 1.61. The molecule has 3 aromatic rings. The number of aryl methyl sites for hydroxylation is 1. The standard InChI is InChI=1S/C9H8N6/c1-5-12-7-2-3-11-4-6(7)8-13-9(10)14-15(5)8/h2-4H,1H3,(H2,10,14). The number of hydrogen-bond acceptors (Lipinski definition) is 5. The number of nitrogens with two attached hydrogens (primary N) is 1. The Morgan fingerprint density at radius 3 is 3.07 bits per heavy atom. The van der Waals surface area contributed by atoms with Gasteiger partial charge in [0, 0.05) is 12.4 Å². The molecule has 74 valence electrons. The van der Waals surface area contributed by atoms with Gasteiger partial charge in [-0.1, -0.05) is 0 Å². The van der Waals surface area contributed by atoms with Crippen LogP contribution in [0, 0.1) is 6.92 Å². The van der Waals surface area contributed by atoms with Gasteiger partial charge in [0.05, 0.1) is 10.9 Å². The second-order valence-electron chi connectivity index (χ2n) is 3.26. The zero-order chi connectivity index (χ0) is 10.4.